The van der Waals surface area contributed by atoms with Gasteiger partial charge < -0.3 is 9.47 Å². The molecule has 1 saturated heterocycles. The van der Waals surface area contributed by atoms with Gasteiger partial charge in [0.05, 0.1) is 26.4 Å². The Bertz CT molecular complexity index is 295. The van der Waals surface area contributed by atoms with Gasteiger partial charge in [0.1, 0.15) is 0 Å². The first-order valence-electron chi connectivity index (χ1n) is 7.57. The fourth-order valence-corrected chi connectivity index (χ4v) is 2.52. The van der Waals surface area contributed by atoms with Crippen LogP contribution in [0.4, 0.5) is 0 Å². The van der Waals surface area contributed by atoms with E-state index in [1.54, 1.807) is 0 Å². The molecule has 1 heterocycles. The first-order valence-corrected chi connectivity index (χ1v) is 7.57. The molecule has 0 aromatic heterocycles. The van der Waals surface area contributed by atoms with Gasteiger partial charge in [-0.25, -0.2) is 0 Å². The molecule has 118 valence electrons. The molecule has 0 aromatic carbocycles. The van der Waals surface area contributed by atoms with Crippen LogP contribution in [0.5, 0.6) is 0 Å². The minimum absolute atomic E-state index is 0.176. The summed E-state index contributed by atoms with van der Waals surface area (Å²) in [6.07, 6.45) is 0.176. The van der Waals surface area contributed by atoms with E-state index >= 15 is 0 Å². The number of nitrogens with zero attached hydrogens (tertiary/aromatic N) is 2. The average Bonchev–Trinajstić information content (AvgIpc) is 2.37. The SMILES string of the molecule is COC(=O)CN(CC1CN(CC(C)C)CCO1)C(C)C. The molecule has 1 fully saturated rings. The van der Waals surface area contributed by atoms with Crippen LogP contribution in [-0.2, 0) is 14.3 Å². The second-order valence-electron chi connectivity index (χ2n) is 6.25. The van der Waals surface area contributed by atoms with Gasteiger partial charge in [-0.05, 0) is 19.8 Å². The van der Waals surface area contributed by atoms with E-state index in [0.29, 0.717) is 18.5 Å². The molecule has 1 aliphatic heterocycles. The largest absolute Gasteiger partial charge is 0.468 e. The lowest BCUT2D eigenvalue weighted by Gasteiger charge is -2.37. The fourth-order valence-electron chi connectivity index (χ4n) is 2.52. The third-order valence-electron chi connectivity index (χ3n) is 3.57. The summed E-state index contributed by atoms with van der Waals surface area (Å²) in [5.41, 5.74) is 0. The maximum atomic E-state index is 11.5. The van der Waals surface area contributed by atoms with Gasteiger partial charge in [0, 0.05) is 32.2 Å². The van der Waals surface area contributed by atoms with Crippen molar-refractivity contribution >= 4 is 5.97 Å². The molecule has 1 rings (SSSR count). The Morgan fingerprint density at radius 2 is 2.10 bits per heavy atom. The molecule has 20 heavy (non-hydrogen) atoms. The highest BCUT2D eigenvalue weighted by Crippen LogP contribution is 2.11. The Morgan fingerprint density at radius 3 is 2.65 bits per heavy atom. The summed E-state index contributed by atoms with van der Waals surface area (Å²) < 4.78 is 10.6. The summed E-state index contributed by atoms with van der Waals surface area (Å²) in [5, 5.41) is 0. The predicted octanol–water partition coefficient (Wildman–Crippen LogP) is 1.23. The quantitative estimate of drug-likeness (QED) is 0.658. The summed E-state index contributed by atoms with van der Waals surface area (Å²) in [6, 6.07) is 0.304. The maximum Gasteiger partial charge on any atom is 0.319 e. The molecular formula is C15H30N2O3. The van der Waals surface area contributed by atoms with Crippen LogP contribution in [-0.4, -0.2) is 74.4 Å². The van der Waals surface area contributed by atoms with Crippen molar-refractivity contribution < 1.29 is 14.3 Å². The van der Waals surface area contributed by atoms with E-state index in [0.717, 1.165) is 32.8 Å². The Labute approximate surface area is 123 Å². The van der Waals surface area contributed by atoms with Crippen molar-refractivity contribution in [2.75, 3.05) is 46.4 Å². The van der Waals surface area contributed by atoms with Crippen LogP contribution >= 0.6 is 0 Å². The van der Waals surface area contributed by atoms with Gasteiger partial charge in [0.25, 0.3) is 0 Å². The number of carbonyl (C=O) groups excluding carboxylic acids is 1. The zero-order valence-corrected chi connectivity index (χ0v) is 13.6. The van der Waals surface area contributed by atoms with E-state index in [4.69, 9.17) is 9.47 Å². The molecule has 1 atom stereocenters. The van der Waals surface area contributed by atoms with Crippen molar-refractivity contribution in [3.8, 4) is 0 Å². The molecule has 0 aromatic rings. The van der Waals surface area contributed by atoms with E-state index < -0.39 is 0 Å². The van der Waals surface area contributed by atoms with Gasteiger partial charge in [-0.3, -0.25) is 14.6 Å². The lowest BCUT2D eigenvalue weighted by atomic mass is 10.1. The molecule has 0 saturated carbocycles. The van der Waals surface area contributed by atoms with E-state index in [1.807, 2.05) is 0 Å². The Hall–Kier alpha value is -0.650. The van der Waals surface area contributed by atoms with Crippen LogP contribution in [0.3, 0.4) is 0 Å². The van der Waals surface area contributed by atoms with Crippen LogP contribution in [0.2, 0.25) is 0 Å². The third-order valence-corrected chi connectivity index (χ3v) is 3.57. The number of morpholine rings is 1. The number of esters is 1. The number of hydrogen-bond donors (Lipinski definition) is 0. The van der Waals surface area contributed by atoms with Crippen LogP contribution < -0.4 is 0 Å². The van der Waals surface area contributed by atoms with Gasteiger partial charge in [-0.1, -0.05) is 13.8 Å². The maximum absolute atomic E-state index is 11.5. The van der Waals surface area contributed by atoms with Gasteiger partial charge in [-0.2, -0.15) is 0 Å². The highest BCUT2D eigenvalue weighted by atomic mass is 16.5. The zero-order valence-electron chi connectivity index (χ0n) is 13.6. The van der Waals surface area contributed by atoms with Crippen molar-refractivity contribution in [3.63, 3.8) is 0 Å². The molecule has 5 heteroatoms. The number of hydrogen-bond acceptors (Lipinski definition) is 5. The normalized spacial score (nSPS) is 20.9. The van der Waals surface area contributed by atoms with Gasteiger partial charge >= 0.3 is 5.97 Å². The van der Waals surface area contributed by atoms with E-state index in [9.17, 15) is 4.79 Å². The van der Waals surface area contributed by atoms with Crippen molar-refractivity contribution in [1.82, 2.24) is 9.80 Å². The smallest absolute Gasteiger partial charge is 0.319 e. The fraction of sp³-hybridized carbons (Fsp3) is 0.933. The van der Waals surface area contributed by atoms with Crippen molar-refractivity contribution in [2.24, 2.45) is 5.92 Å². The molecule has 0 radical (unpaired) electrons. The lowest BCUT2D eigenvalue weighted by molar-refractivity contribution is -0.143. The molecule has 0 amide bonds. The molecule has 1 aliphatic rings. The minimum Gasteiger partial charge on any atom is -0.468 e. The standard InChI is InChI=1S/C15H30N2O3/c1-12(2)8-16-6-7-20-14(9-16)10-17(13(3)4)11-15(18)19-5/h12-14H,6-11H2,1-5H3. The zero-order chi connectivity index (χ0) is 15.1. The van der Waals surface area contributed by atoms with Gasteiger partial charge in [0.15, 0.2) is 0 Å². The summed E-state index contributed by atoms with van der Waals surface area (Å²) in [7, 11) is 1.43. The molecule has 0 N–H and O–H groups in total. The first-order chi connectivity index (χ1) is 9.42. The second-order valence-corrected chi connectivity index (χ2v) is 6.25. The number of rotatable bonds is 7. The van der Waals surface area contributed by atoms with E-state index in [2.05, 4.69) is 37.5 Å². The Morgan fingerprint density at radius 1 is 1.40 bits per heavy atom. The van der Waals surface area contributed by atoms with Crippen LogP contribution in [0.15, 0.2) is 0 Å². The van der Waals surface area contributed by atoms with Gasteiger partial charge in [-0.15, -0.1) is 0 Å². The van der Waals surface area contributed by atoms with E-state index in [1.165, 1.54) is 7.11 Å². The molecule has 1 unspecified atom stereocenters. The number of methoxy groups -OCH3 is 1. The summed E-state index contributed by atoms with van der Waals surface area (Å²) >= 11 is 0. The number of ether oxygens (including phenoxy) is 2. The summed E-state index contributed by atoms with van der Waals surface area (Å²) in [5.74, 6) is 0.485. The Balaban J connectivity index is 2.48. The van der Waals surface area contributed by atoms with Crippen molar-refractivity contribution in [3.05, 3.63) is 0 Å². The third kappa shape index (κ3) is 6.20. The average molecular weight is 286 g/mol. The Kier molecular flexibility index (Phi) is 7.48. The van der Waals surface area contributed by atoms with Gasteiger partial charge in [0.2, 0.25) is 0 Å². The number of carbonyl (C=O) groups is 1. The van der Waals surface area contributed by atoms with Crippen LogP contribution in [0.25, 0.3) is 0 Å². The lowest BCUT2D eigenvalue weighted by Crippen LogP contribution is -2.50. The molecule has 0 bridgehead atoms. The highest BCUT2D eigenvalue weighted by Gasteiger charge is 2.25. The predicted molar refractivity (Wildman–Crippen MR) is 79.7 cm³/mol. The van der Waals surface area contributed by atoms with E-state index in [-0.39, 0.29) is 12.1 Å². The molecule has 0 spiro atoms. The summed E-state index contributed by atoms with van der Waals surface area (Å²) in [6.45, 7) is 13.6. The van der Waals surface area contributed by atoms with Crippen molar-refractivity contribution in [2.45, 2.75) is 39.8 Å². The topological polar surface area (TPSA) is 42.0 Å². The molecule has 5 nitrogen and oxygen atoms in total. The highest BCUT2D eigenvalue weighted by molar-refractivity contribution is 5.71. The van der Waals surface area contributed by atoms with Crippen LogP contribution in [0, 0.1) is 5.92 Å². The minimum atomic E-state index is -0.187. The summed E-state index contributed by atoms with van der Waals surface area (Å²) in [4.78, 5) is 16.0. The second kappa shape index (κ2) is 8.60. The van der Waals surface area contributed by atoms with Crippen molar-refractivity contribution in [1.29, 1.82) is 0 Å². The monoisotopic (exact) mass is 286 g/mol. The molecular weight excluding hydrogens is 256 g/mol. The molecule has 0 aliphatic carbocycles. The van der Waals surface area contributed by atoms with Crippen LogP contribution in [0.1, 0.15) is 27.7 Å². The first kappa shape index (κ1) is 17.4.